The number of hydrogen-bond donors (Lipinski definition) is 1. The molecule has 3 aromatic rings. The predicted molar refractivity (Wildman–Crippen MR) is 114 cm³/mol. The van der Waals surface area contributed by atoms with E-state index in [0.717, 1.165) is 68.4 Å². The Labute approximate surface area is 170 Å². The zero-order valence-corrected chi connectivity index (χ0v) is 16.5. The highest BCUT2D eigenvalue weighted by Gasteiger charge is 2.21. The number of nitrogens with one attached hydrogen (secondary N) is 1. The Morgan fingerprint density at radius 3 is 2.72 bits per heavy atom. The number of anilines is 1. The molecule has 2 aromatic heterocycles. The largest absolute Gasteiger partial charge is 0.378 e. The van der Waals surface area contributed by atoms with Crippen LogP contribution in [0.5, 0.6) is 0 Å². The van der Waals surface area contributed by atoms with Crippen LogP contribution in [0.3, 0.4) is 0 Å². The van der Waals surface area contributed by atoms with Gasteiger partial charge in [-0.15, -0.1) is 0 Å². The lowest BCUT2D eigenvalue weighted by atomic mass is 10.0. The van der Waals surface area contributed by atoms with Gasteiger partial charge in [0.1, 0.15) is 5.82 Å². The molecule has 0 radical (unpaired) electrons. The summed E-state index contributed by atoms with van der Waals surface area (Å²) in [5.41, 5.74) is 5.10. The molecule has 2 aliphatic rings. The minimum Gasteiger partial charge on any atom is -0.378 e. The maximum absolute atomic E-state index is 9.15. The Balaban J connectivity index is 1.60. The van der Waals surface area contributed by atoms with Gasteiger partial charge in [0.05, 0.1) is 35.9 Å². The number of hydrogen-bond acceptors (Lipinski definition) is 5. The number of pyridine rings is 1. The summed E-state index contributed by atoms with van der Waals surface area (Å²) in [5, 5.41) is 12.6. The molecular weight excluding hydrogens is 362 g/mol. The SMILES string of the molecule is N#Cc1ccc(-c2cc3c(ccn3C[C@H]3CCNC3)nc2N2CCOCC2)cc1. The number of benzene rings is 1. The van der Waals surface area contributed by atoms with E-state index in [-0.39, 0.29) is 0 Å². The third-order valence-corrected chi connectivity index (χ3v) is 5.99. The summed E-state index contributed by atoms with van der Waals surface area (Å²) in [6.45, 7) is 6.35. The van der Waals surface area contributed by atoms with Crippen LogP contribution in [0.1, 0.15) is 12.0 Å². The lowest BCUT2D eigenvalue weighted by Crippen LogP contribution is -2.37. The predicted octanol–water partition coefficient (Wildman–Crippen LogP) is 3.02. The lowest BCUT2D eigenvalue weighted by Gasteiger charge is -2.29. The number of rotatable bonds is 4. The molecule has 0 bridgehead atoms. The first-order valence-corrected chi connectivity index (χ1v) is 10.4. The first-order chi connectivity index (χ1) is 14.3. The quantitative estimate of drug-likeness (QED) is 0.745. The van der Waals surface area contributed by atoms with Gasteiger partial charge >= 0.3 is 0 Å². The van der Waals surface area contributed by atoms with Crippen LogP contribution in [-0.2, 0) is 11.3 Å². The van der Waals surface area contributed by atoms with Gasteiger partial charge in [0.2, 0.25) is 0 Å². The number of morpholine rings is 1. The molecule has 4 heterocycles. The molecule has 1 N–H and O–H groups in total. The molecule has 2 fully saturated rings. The topological polar surface area (TPSA) is 66.1 Å². The molecule has 1 atom stereocenters. The summed E-state index contributed by atoms with van der Waals surface area (Å²) in [4.78, 5) is 7.40. The average Bonchev–Trinajstić information content (AvgIpc) is 3.44. The smallest absolute Gasteiger partial charge is 0.137 e. The molecule has 6 nitrogen and oxygen atoms in total. The van der Waals surface area contributed by atoms with Crippen molar-refractivity contribution in [3.05, 3.63) is 48.2 Å². The highest BCUT2D eigenvalue weighted by molar-refractivity contribution is 5.88. The van der Waals surface area contributed by atoms with Crippen LogP contribution in [0.2, 0.25) is 0 Å². The number of nitriles is 1. The van der Waals surface area contributed by atoms with Gasteiger partial charge in [-0.1, -0.05) is 12.1 Å². The zero-order chi connectivity index (χ0) is 19.6. The fourth-order valence-corrected chi connectivity index (χ4v) is 4.36. The van der Waals surface area contributed by atoms with Crippen molar-refractivity contribution in [2.45, 2.75) is 13.0 Å². The summed E-state index contributed by atoms with van der Waals surface area (Å²) in [7, 11) is 0. The monoisotopic (exact) mass is 387 g/mol. The van der Waals surface area contributed by atoms with Crippen molar-refractivity contribution in [1.29, 1.82) is 5.26 Å². The normalized spacial score (nSPS) is 19.6. The Hall–Kier alpha value is -2.88. The van der Waals surface area contributed by atoms with Gasteiger partial charge in [-0.25, -0.2) is 4.98 Å². The van der Waals surface area contributed by atoms with Crippen molar-refractivity contribution < 1.29 is 4.74 Å². The van der Waals surface area contributed by atoms with E-state index in [9.17, 15) is 0 Å². The van der Waals surface area contributed by atoms with Crippen LogP contribution in [0.4, 0.5) is 5.82 Å². The van der Waals surface area contributed by atoms with Crippen molar-refractivity contribution in [3.63, 3.8) is 0 Å². The third kappa shape index (κ3) is 3.59. The first-order valence-electron chi connectivity index (χ1n) is 10.4. The molecular formula is C23H25N5O. The van der Waals surface area contributed by atoms with Crippen LogP contribution >= 0.6 is 0 Å². The van der Waals surface area contributed by atoms with Crippen molar-refractivity contribution in [2.75, 3.05) is 44.3 Å². The highest BCUT2D eigenvalue weighted by atomic mass is 16.5. The standard InChI is InChI=1S/C23H25N5O/c24-14-17-1-3-19(4-2-17)20-13-22-21(26-23(20)27-9-11-29-12-10-27)6-8-28(22)16-18-5-7-25-15-18/h1-4,6,8,13,18,25H,5,7,9-12,15-16H2/t18-/m0/s1. The van der Waals surface area contributed by atoms with Crippen LogP contribution in [0, 0.1) is 17.2 Å². The van der Waals surface area contributed by atoms with Gasteiger partial charge in [-0.05, 0) is 55.3 Å². The van der Waals surface area contributed by atoms with Crippen molar-refractivity contribution >= 4 is 16.9 Å². The Kier molecular flexibility index (Phi) is 4.92. The highest BCUT2D eigenvalue weighted by Crippen LogP contribution is 2.34. The van der Waals surface area contributed by atoms with Crippen molar-refractivity contribution in [2.24, 2.45) is 5.92 Å². The lowest BCUT2D eigenvalue weighted by molar-refractivity contribution is 0.122. The average molecular weight is 387 g/mol. The Morgan fingerprint density at radius 2 is 2.00 bits per heavy atom. The molecule has 6 heteroatoms. The zero-order valence-electron chi connectivity index (χ0n) is 16.5. The van der Waals surface area contributed by atoms with E-state index in [1.54, 1.807) is 0 Å². The number of aromatic nitrogens is 2. The molecule has 0 spiro atoms. The third-order valence-electron chi connectivity index (χ3n) is 5.99. The number of ether oxygens (including phenoxy) is 1. The fourth-order valence-electron chi connectivity index (χ4n) is 4.36. The van der Waals surface area contributed by atoms with Crippen molar-refractivity contribution in [3.8, 4) is 17.2 Å². The fraction of sp³-hybridized carbons (Fsp3) is 0.391. The summed E-state index contributed by atoms with van der Waals surface area (Å²) in [6, 6.07) is 14.4. The van der Waals surface area contributed by atoms with E-state index >= 15 is 0 Å². The van der Waals surface area contributed by atoms with Crippen LogP contribution < -0.4 is 10.2 Å². The molecule has 1 aromatic carbocycles. The molecule has 29 heavy (non-hydrogen) atoms. The second-order valence-corrected chi connectivity index (χ2v) is 7.88. The van der Waals surface area contributed by atoms with Gasteiger partial charge in [0.25, 0.3) is 0 Å². The molecule has 0 amide bonds. The maximum atomic E-state index is 9.15. The van der Waals surface area contributed by atoms with E-state index in [1.807, 2.05) is 24.3 Å². The molecule has 2 aliphatic heterocycles. The van der Waals surface area contributed by atoms with Gasteiger partial charge in [0.15, 0.2) is 0 Å². The molecule has 0 aliphatic carbocycles. The molecule has 5 rings (SSSR count). The summed E-state index contributed by atoms with van der Waals surface area (Å²) in [5.74, 6) is 1.67. The van der Waals surface area contributed by atoms with E-state index in [4.69, 9.17) is 15.0 Å². The van der Waals surface area contributed by atoms with E-state index in [2.05, 4.69) is 39.2 Å². The number of fused-ring (bicyclic) bond motifs is 1. The van der Waals surface area contributed by atoms with Crippen LogP contribution in [0.15, 0.2) is 42.6 Å². The van der Waals surface area contributed by atoms with Crippen LogP contribution in [0.25, 0.3) is 22.2 Å². The van der Waals surface area contributed by atoms with Crippen LogP contribution in [-0.4, -0.2) is 48.9 Å². The summed E-state index contributed by atoms with van der Waals surface area (Å²) >= 11 is 0. The van der Waals surface area contributed by atoms with E-state index < -0.39 is 0 Å². The van der Waals surface area contributed by atoms with Gasteiger partial charge in [-0.3, -0.25) is 0 Å². The Morgan fingerprint density at radius 1 is 1.17 bits per heavy atom. The molecule has 0 unspecified atom stereocenters. The first kappa shape index (κ1) is 18.2. The molecule has 2 saturated heterocycles. The number of nitrogens with zero attached hydrogens (tertiary/aromatic N) is 4. The minimum absolute atomic E-state index is 0.669. The molecule has 148 valence electrons. The Bertz CT molecular complexity index is 1040. The van der Waals surface area contributed by atoms with Gasteiger partial charge in [-0.2, -0.15) is 5.26 Å². The maximum Gasteiger partial charge on any atom is 0.137 e. The van der Waals surface area contributed by atoms with E-state index in [0.29, 0.717) is 11.5 Å². The van der Waals surface area contributed by atoms with Crippen molar-refractivity contribution in [1.82, 2.24) is 14.9 Å². The van der Waals surface area contributed by atoms with Gasteiger partial charge in [0, 0.05) is 31.4 Å². The summed E-state index contributed by atoms with van der Waals surface area (Å²) in [6.07, 6.45) is 3.39. The second-order valence-electron chi connectivity index (χ2n) is 7.88. The van der Waals surface area contributed by atoms with E-state index in [1.165, 1.54) is 11.9 Å². The molecule has 0 saturated carbocycles. The van der Waals surface area contributed by atoms with Gasteiger partial charge < -0.3 is 19.5 Å². The summed E-state index contributed by atoms with van der Waals surface area (Å²) < 4.78 is 7.89. The minimum atomic E-state index is 0.669. The second kappa shape index (κ2) is 7.86.